The van der Waals surface area contributed by atoms with Crippen molar-refractivity contribution in [3.8, 4) is 0 Å². The second kappa shape index (κ2) is 6.53. The summed E-state index contributed by atoms with van der Waals surface area (Å²) in [5.41, 5.74) is 1.07. The Morgan fingerprint density at radius 3 is 2.42 bits per heavy atom. The van der Waals surface area contributed by atoms with Gasteiger partial charge >= 0.3 is 0 Å². The maximum absolute atomic E-state index is 12.3. The molecule has 1 aliphatic rings. The predicted molar refractivity (Wildman–Crippen MR) is 81.1 cm³/mol. The zero-order valence-electron chi connectivity index (χ0n) is 11.6. The molecule has 0 spiro atoms. The van der Waals surface area contributed by atoms with E-state index in [-0.39, 0.29) is 5.91 Å². The Balaban J connectivity index is 1.90. The molecule has 0 atom stereocenters. The van der Waals surface area contributed by atoms with Crippen LogP contribution in [0.15, 0.2) is 28.7 Å². The summed E-state index contributed by atoms with van der Waals surface area (Å²) in [5, 5.41) is 0. The van der Waals surface area contributed by atoms with Gasteiger partial charge in [-0.15, -0.1) is 0 Å². The van der Waals surface area contributed by atoms with Gasteiger partial charge in [-0.25, -0.2) is 0 Å². The number of halogens is 1. The molecular formula is C15H21BrN2O. The van der Waals surface area contributed by atoms with Crippen molar-refractivity contribution in [1.82, 2.24) is 9.80 Å². The van der Waals surface area contributed by atoms with E-state index in [9.17, 15) is 4.79 Å². The van der Waals surface area contributed by atoms with Gasteiger partial charge in [0.25, 0.3) is 0 Å². The van der Waals surface area contributed by atoms with Crippen LogP contribution in [0.2, 0.25) is 0 Å². The molecular weight excluding hydrogens is 304 g/mol. The molecule has 0 unspecified atom stereocenters. The van der Waals surface area contributed by atoms with E-state index in [1.807, 2.05) is 29.2 Å². The standard InChI is InChI=1S/C15H21BrN2O/c1-12(2)17-7-9-18(10-8-17)15(19)11-13-5-3-4-6-14(13)16/h3-6,12H,7-11H2,1-2H3. The number of nitrogens with zero attached hydrogens (tertiary/aromatic N) is 2. The highest BCUT2D eigenvalue weighted by Crippen LogP contribution is 2.17. The zero-order valence-corrected chi connectivity index (χ0v) is 13.2. The fraction of sp³-hybridized carbons (Fsp3) is 0.533. The van der Waals surface area contributed by atoms with Gasteiger partial charge in [0.2, 0.25) is 5.91 Å². The minimum atomic E-state index is 0.232. The van der Waals surface area contributed by atoms with E-state index in [2.05, 4.69) is 34.7 Å². The lowest BCUT2D eigenvalue weighted by atomic mass is 10.1. The molecule has 0 aliphatic carbocycles. The largest absolute Gasteiger partial charge is 0.340 e. The molecule has 0 N–H and O–H groups in total. The fourth-order valence-electron chi connectivity index (χ4n) is 2.40. The highest BCUT2D eigenvalue weighted by atomic mass is 79.9. The number of amides is 1. The number of rotatable bonds is 3. The minimum Gasteiger partial charge on any atom is -0.340 e. The number of hydrogen-bond donors (Lipinski definition) is 0. The van der Waals surface area contributed by atoms with Crippen LogP contribution in [-0.4, -0.2) is 47.9 Å². The van der Waals surface area contributed by atoms with Gasteiger partial charge in [0.1, 0.15) is 0 Å². The monoisotopic (exact) mass is 324 g/mol. The van der Waals surface area contributed by atoms with Gasteiger partial charge in [0.05, 0.1) is 6.42 Å². The van der Waals surface area contributed by atoms with Crippen LogP contribution in [0.4, 0.5) is 0 Å². The third-order valence-electron chi connectivity index (χ3n) is 3.70. The van der Waals surface area contributed by atoms with Gasteiger partial charge in [0.15, 0.2) is 0 Å². The van der Waals surface area contributed by atoms with E-state index < -0.39 is 0 Å². The summed E-state index contributed by atoms with van der Waals surface area (Å²) in [4.78, 5) is 16.7. The maximum atomic E-state index is 12.3. The Hall–Kier alpha value is -0.870. The number of hydrogen-bond acceptors (Lipinski definition) is 2. The summed E-state index contributed by atoms with van der Waals surface area (Å²) in [6, 6.07) is 8.51. The van der Waals surface area contributed by atoms with Crippen LogP contribution in [0.3, 0.4) is 0 Å². The fourth-order valence-corrected chi connectivity index (χ4v) is 2.83. The SMILES string of the molecule is CC(C)N1CCN(C(=O)Cc2ccccc2Br)CC1. The summed E-state index contributed by atoms with van der Waals surface area (Å²) < 4.78 is 1.02. The summed E-state index contributed by atoms with van der Waals surface area (Å²) in [6.45, 7) is 8.08. The number of carbonyl (C=O) groups excluding carboxylic acids is 1. The van der Waals surface area contributed by atoms with Gasteiger partial charge < -0.3 is 4.90 Å². The van der Waals surface area contributed by atoms with Crippen molar-refractivity contribution < 1.29 is 4.79 Å². The average Bonchev–Trinajstić information content (AvgIpc) is 2.41. The molecule has 1 aliphatic heterocycles. The summed E-state index contributed by atoms with van der Waals surface area (Å²) in [7, 11) is 0. The van der Waals surface area contributed by atoms with E-state index in [0.29, 0.717) is 12.5 Å². The lowest BCUT2D eigenvalue weighted by molar-refractivity contribution is -0.132. The molecule has 1 amide bonds. The highest BCUT2D eigenvalue weighted by Gasteiger charge is 2.22. The smallest absolute Gasteiger partial charge is 0.227 e. The number of piperazine rings is 1. The Bertz CT molecular complexity index is 440. The van der Waals surface area contributed by atoms with Crippen LogP contribution in [0, 0.1) is 0 Å². The van der Waals surface area contributed by atoms with Crippen LogP contribution >= 0.6 is 15.9 Å². The molecule has 1 heterocycles. The Kier molecular flexibility index (Phi) is 4.99. The van der Waals surface area contributed by atoms with E-state index >= 15 is 0 Å². The molecule has 19 heavy (non-hydrogen) atoms. The van der Waals surface area contributed by atoms with Gasteiger partial charge in [-0.05, 0) is 25.5 Å². The molecule has 3 nitrogen and oxygen atoms in total. The molecule has 0 bridgehead atoms. The Morgan fingerprint density at radius 2 is 1.84 bits per heavy atom. The van der Waals surface area contributed by atoms with Crippen molar-refractivity contribution in [2.45, 2.75) is 26.3 Å². The van der Waals surface area contributed by atoms with Crippen molar-refractivity contribution in [2.75, 3.05) is 26.2 Å². The van der Waals surface area contributed by atoms with E-state index in [4.69, 9.17) is 0 Å². The third-order valence-corrected chi connectivity index (χ3v) is 4.47. The molecule has 1 aromatic carbocycles. The first-order valence-electron chi connectivity index (χ1n) is 6.83. The van der Waals surface area contributed by atoms with Crippen LogP contribution in [0.5, 0.6) is 0 Å². The third kappa shape index (κ3) is 3.80. The van der Waals surface area contributed by atoms with E-state index in [1.165, 1.54) is 0 Å². The van der Waals surface area contributed by atoms with E-state index in [1.54, 1.807) is 0 Å². The Morgan fingerprint density at radius 1 is 1.21 bits per heavy atom. The van der Waals surface area contributed by atoms with Crippen molar-refractivity contribution >= 4 is 21.8 Å². The second-order valence-electron chi connectivity index (χ2n) is 5.28. The average molecular weight is 325 g/mol. The van der Waals surface area contributed by atoms with Gasteiger partial charge in [-0.2, -0.15) is 0 Å². The number of benzene rings is 1. The van der Waals surface area contributed by atoms with Crippen LogP contribution in [0.25, 0.3) is 0 Å². The lowest BCUT2D eigenvalue weighted by Crippen LogP contribution is -2.51. The summed E-state index contributed by atoms with van der Waals surface area (Å²) >= 11 is 3.50. The first-order chi connectivity index (χ1) is 9.08. The molecule has 1 aromatic rings. The van der Waals surface area contributed by atoms with Crippen molar-refractivity contribution in [2.24, 2.45) is 0 Å². The van der Waals surface area contributed by atoms with Gasteiger partial charge in [0, 0.05) is 36.7 Å². The number of carbonyl (C=O) groups is 1. The molecule has 1 saturated heterocycles. The highest BCUT2D eigenvalue weighted by molar-refractivity contribution is 9.10. The topological polar surface area (TPSA) is 23.6 Å². The summed E-state index contributed by atoms with van der Waals surface area (Å²) in [6.07, 6.45) is 0.489. The molecule has 0 saturated carbocycles. The van der Waals surface area contributed by atoms with Crippen LogP contribution < -0.4 is 0 Å². The minimum absolute atomic E-state index is 0.232. The molecule has 1 fully saturated rings. The van der Waals surface area contributed by atoms with Crippen molar-refractivity contribution in [3.05, 3.63) is 34.3 Å². The molecule has 4 heteroatoms. The van der Waals surface area contributed by atoms with Gasteiger partial charge in [-0.1, -0.05) is 34.1 Å². The lowest BCUT2D eigenvalue weighted by Gasteiger charge is -2.37. The Labute approximate surface area is 123 Å². The van der Waals surface area contributed by atoms with Crippen LogP contribution in [0.1, 0.15) is 19.4 Å². The molecule has 2 rings (SSSR count). The first kappa shape index (κ1) is 14.5. The zero-order chi connectivity index (χ0) is 13.8. The van der Waals surface area contributed by atoms with Crippen molar-refractivity contribution in [1.29, 1.82) is 0 Å². The van der Waals surface area contributed by atoms with Crippen molar-refractivity contribution in [3.63, 3.8) is 0 Å². The maximum Gasteiger partial charge on any atom is 0.227 e. The predicted octanol–water partition coefficient (Wildman–Crippen LogP) is 2.54. The molecule has 0 aromatic heterocycles. The normalized spacial score (nSPS) is 16.9. The second-order valence-corrected chi connectivity index (χ2v) is 6.13. The molecule has 0 radical (unpaired) electrons. The molecule has 104 valence electrons. The quantitative estimate of drug-likeness (QED) is 0.853. The van der Waals surface area contributed by atoms with Crippen LogP contribution in [-0.2, 0) is 11.2 Å². The van der Waals surface area contributed by atoms with Gasteiger partial charge in [-0.3, -0.25) is 9.69 Å². The van der Waals surface area contributed by atoms with E-state index in [0.717, 1.165) is 36.2 Å². The summed E-state index contributed by atoms with van der Waals surface area (Å²) in [5.74, 6) is 0.232. The first-order valence-corrected chi connectivity index (χ1v) is 7.62.